The normalized spacial score (nSPS) is 16.0. The number of carbonyl (C=O) groups is 2. The van der Waals surface area contributed by atoms with E-state index in [9.17, 15) is 9.59 Å². The van der Waals surface area contributed by atoms with Crippen molar-refractivity contribution in [2.75, 3.05) is 39.3 Å². The molecule has 1 aliphatic heterocycles. The van der Waals surface area contributed by atoms with Crippen LogP contribution in [0, 0.1) is 0 Å². The first-order valence-electron chi connectivity index (χ1n) is 8.71. The van der Waals surface area contributed by atoms with Gasteiger partial charge in [-0.1, -0.05) is 30.7 Å². The van der Waals surface area contributed by atoms with E-state index in [2.05, 4.69) is 17.1 Å². The number of carbonyl (C=O) groups excluding carboxylic acids is 2. The van der Waals surface area contributed by atoms with E-state index in [4.69, 9.17) is 11.6 Å². The van der Waals surface area contributed by atoms with Crippen molar-refractivity contribution in [2.24, 2.45) is 0 Å². The second-order valence-corrected chi connectivity index (χ2v) is 6.64. The van der Waals surface area contributed by atoms with Gasteiger partial charge in [0.1, 0.15) is 0 Å². The molecule has 136 valence electrons. The van der Waals surface area contributed by atoms with Crippen LogP contribution in [0.25, 0.3) is 6.08 Å². The van der Waals surface area contributed by atoms with Gasteiger partial charge in [0.2, 0.25) is 11.8 Å². The highest BCUT2D eigenvalue weighted by Crippen LogP contribution is 2.12. The monoisotopic (exact) mass is 363 g/mol. The number of likely N-dealkylation sites (N-methyl/N-ethyl adjacent to an activating group) is 1. The first-order valence-corrected chi connectivity index (χ1v) is 9.09. The van der Waals surface area contributed by atoms with E-state index in [-0.39, 0.29) is 11.8 Å². The Morgan fingerprint density at radius 3 is 2.40 bits per heavy atom. The number of hydrogen-bond donors (Lipinski definition) is 1. The molecule has 0 radical (unpaired) electrons. The van der Waals surface area contributed by atoms with Gasteiger partial charge in [-0.2, -0.15) is 0 Å². The Bertz CT molecular complexity index is 620. The average molecular weight is 364 g/mol. The molecule has 0 aromatic heterocycles. The SMILES string of the molecule is CCN1CCN(C(=O)CCNC(=O)/C(C)=C/c2ccc(Cl)cc2)CC1. The third kappa shape index (κ3) is 6.18. The van der Waals surface area contributed by atoms with Gasteiger partial charge in [-0.05, 0) is 37.2 Å². The summed E-state index contributed by atoms with van der Waals surface area (Å²) < 4.78 is 0. The third-order valence-corrected chi connectivity index (χ3v) is 4.66. The van der Waals surface area contributed by atoms with Crippen molar-refractivity contribution in [3.8, 4) is 0 Å². The number of piperazine rings is 1. The van der Waals surface area contributed by atoms with Crippen LogP contribution in [0.15, 0.2) is 29.8 Å². The third-order valence-electron chi connectivity index (χ3n) is 4.41. The van der Waals surface area contributed by atoms with Crippen molar-refractivity contribution < 1.29 is 9.59 Å². The molecule has 1 heterocycles. The average Bonchev–Trinajstić information content (AvgIpc) is 2.63. The number of amides is 2. The van der Waals surface area contributed by atoms with Gasteiger partial charge in [-0.3, -0.25) is 9.59 Å². The molecule has 1 aromatic rings. The number of nitrogens with zero attached hydrogens (tertiary/aromatic N) is 2. The molecule has 25 heavy (non-hydrogen) atoms. The predicted molar refractivity (Wildman–Crippen MR) is 101 cm³/mol. The van der Waals surface area contributed by atoms with E-state index < -0.39 is 0 Å². The Kier molecular flexibility index (Phi) is 7.47. The molecule has 0 spiro atoms. The summed E-state index contributed by atoms with van der Waals surface area (Å²) in [7, 11) is 0. The molecule has 2 amide bonds. The maximum Gasteiger partial charge on any atom is 0.246 e. The molecule has 0 bridgehead atoms. The topological polar surface area (TPSA) is 52.6 Å². The number of halogens is 1. The van der Waals surface area contributed by atoms with E-state index in [1.165, 1.54) is 0 Å². The van der Waals surface area contributed by atoms with Crippen molar-refractivity contribution in [3.63, 3.8) is 0 Å². The zero-order valence-electron chi connectivity index (χ0n) is 14.9. The summed E-state index contributed by atoms with van der Waals surface area (Å²) in [5.74, 6) is -0.0473. The number of benzene rings is 1. The van der Waals surface area contributed by atoms with Gasteiger partial charge in [0.05, 0.1) is 0 Å². The number of rotatable bonds is 6. The molecule has 1 aromatic carbocycles. The van der Waals surface area contributed by atoms with Crippen LogP contribution in [0.3, 0.4) is 0 Å². The lowest BCUT2D eigenvalue weighted by Gasteiger charge is -2.34. The minimum absolute atomic E-state index is 0.107. The summed E-state index contributed by atoms with van der Waals surface area (Å²) in [4.78, 5) is 28.5. The van der Waals surface area contributed by atoms with E-state index in [1.54, 1.807) is 25.1 Å². The van der Waals surface area contributed by atoms with Crippen LogP contribution in [-0.2, 0) is 9.59 Å². The van der Waals surface area contributed by atoms with E-state index in [1.807, 2.05) is 17.0 Å². The van der Waals surface area contributed by atoms with Crippen LogP contribution in [0.1, 0.15) is 25.8 Å². The second-order valence-electron chi connectivity index (χ2n) is 6.20. The summed E-state index contributed by atoms with van der Waals surface area (Å²) >= 11 is 5.85. The highest BCUT2D eigenvalue weighted by atomic mass is 35.5. The fourth-order valence-electron chi connectivity index (χ4n) is 2.77. The van der Waals surface area contributed by atoms with Gasteiger partial charge in [-0.25, -0.2) is 0 Å². The first-order chi connectivity index (χ1) is 12.0. The molecule has 2 rings (SSSR count). The molecule has 0 atom stereocenters. The van der Waals surface area contributed by atoms with Crippen LogP contribution in [0.4, 0.5) is 0 Å². The molecule has 1 N–H and O–H groups in total. The van der Waals surface area contributed by atoms with Gasteiger partial charge in [0.25, 0.3) is 0 Å². The van der Waals surface area contributed by atoms with E-state index >= 15 is 0 Å². The maximum atomic E-state index is 12.2. The Hall–Kier alpha value is -1.85. The number of hydrogen-bond acceptors (Lipinski definition) is 3. The summed E-state index contributed by atoms with van der Waals surface area (Å²) in [5.41, 5.74) is 1.52. The van der Waals surface area contributed by atoms with E-state index in [0.717, 1.165) is 38.3 Å². The Labute approximate surface area is 154 Å². The van der Waals surface area contributed by atoms with Crippen LogP contribution < -0.4 is 5.32 Å². The Balaban J connectivity index is 1.74. The van der Waals surface area contributed by atoms with Crippen LogP contribution in [0.5, 0.6) is 0 Å². The number of nitrogens with one attached hydrogen (secondary N) is 1. The lowest BCUT2D eigenvalue weighted by Crippen LogP contribution is -2.49. The van der Waals surface area contributed by atoms with Crippen molar-refractivity contribution in [1.29, 1.82) is 0 Å². The first kappa shape index (κ1) is 19.5. The second kappa shape index (κ2) is 9.59. The minimum Gasteiger partial charge on any atom is -0.352 e. The molecule has 5 nitrogen and oxygen atoms in total. The van der Waals surface area contributed by atoms with Crippen molar-refractivity contribution in [1.82, 2.24) is 15.1 Å². The van der Waals surface area contributed by atoms with Crippen LogP contribution in [-0.4, -0.2) is 60.9 Å². The Morgan fingerprint density at radius 2 is 1.80 bits per heavy atom. The fourth-order valence-corrected chi connectivity index (χ4v) is 2.89. The lowest BCUT2D eigenvalue weighted by atomic mass is 10.1. The predicted octanol–water partition coefficient (Wildman–Crippen LogP) is 2.41. The summed E-state index contributed by atoms with van der Waals surface area (Å²) in [6, 6.07) is 7.29. The fraction of sp³-hybridized carbons (Fsp3) is 0.474. The van der Waals surface area contributed by atoms with Crippen molar-refractivity contribution in [3.05, 3.63) is 40.4 Å². The van der Waals surface area contributed by atoms with Crippen molar-refractivity contribution >= 4 is 29.5 Å². The molecular weight excluding hydrogens is 338 g/mol. The standard InChI is InChI=1S/C19H26ClN3O2/c1-3-22-10-12-23(13-11-22)18(24)8-9-21-19(25)15(2)14-16-4-6-17(20)7-5-16/h4-7,14H,3,8-13H2,1-2H3,(H,21,25)/b15-14+. The molecule has 1 aliphatic rings. The summed E-state index contributed by atoms with van der Waals surface area (Å²) in [6.45, 7) is 8.68. The smallest absolute Gasteiger partial charge is 0.246 e. The van der Waals surface area contributed by atoms with Gasteiger partial charge < -0.3 is 15.1 Å². The largest absolute Gasteiger partial charge is 0.352 e. The molecule has 1 saturated heterocycles. The molecule has 1 fully saturated rings. The molecule has 0 saturated carbocycles. The summed E-state index contributed by atoms with van der Waals surface area (Å²) in [5, 5.41) is 3.48. The van der Waals surface area contributed by atoms with Crippen LogP contribution >= 0.6 is 11.6 Å². The maximum absolute atomic E-state index is 12.2. The van der Waals surface area contributed by atoms with E-state index in [0.29, 0.717) is 23.6 Å². The molecule has 0 aliphatic carbocycles. The molecule has 6 heteroatoms. The molecule has 0 unspecified atom stereocenters. The van der Waals surface area contributed by atoms with Gasteiger partial charge >= 0.3 is 0 Å². The lowest BCUT2D eigenvalue weighted by molar-refractivity contribution is -0.132. The van der Waals surface area contributed by atoms with Gasteiger partial charge in [0, 0.05) is 49.7 Å². The quantitative estimate of drug-likeness (QED) is 0.790. The minimum atomic E-state index is -0.154. The Morgan fingerprint density at radius 1 is 1.16 bits per heavy atom. The van der Waals surface area contributed by atoms with Gasteiger partial charge in [-0.15, -0.1) is 0 Å². The summed E-state index contributed by atoms with van der Waals surface area (Å²) in [6.07, 6.45) is 2.14. The molecular formula is C19H26ClN3O2. The van der Waals surface area contributed by atoms with Gasteiger partial charge in [0.15, 0.2) is 0 Å². The zero-order valence-corrected chi connectivity index (χ0v) is 15.7. The van der Waals surface area contributed by atoms with Crippen LogP contribution in [0.2, 0.25) is 5.02 Å². The van der Waals surface area contributed by atoms with Crippen molar-refractivity contribution in [2.45, 2.75) is 20.3 Å². The highest BCUT2D eigenvalue weighted by Gasteiger charge is 2.19. The highest BCUT2D eigenvalue weighted by molar-refractivity contribution is 6.30. The zero-order chi connectivity index (χ0) is 18.2.